The van der Waals surface area contributed by atoms with E-state index in [4.69, 9.17) is 5.73 Å². The number of aliphatic hydroxyl groups excluding tert-OH is 1. The van der Waals surface area contributed by atoms with Crippen molar-refractivity contribution in [1.29, 1.82) is 0 Å². The number of H-pyrrole nitrogens is 1. The number of nitrogens with two attached hydrogens (primary N) is 1. The van der Waals surface area contributed by atoms with E-state index in [1.165, 1.54) is 18.7 Å². The highest BCUT2D eigenvalue weighted by atomic mass is 16.3. The maximum Gasteiger partial charge on any atom is 0.245 e. The van der Waals surface area contributed by atoms with Crippen molar-refractivity contribution in [3.63, 3.8) is 0 Å². The Balaban J connectivity index is 1.54. The molecule has 15 nitrogen and oxygen atoms in total. The summed E-state index contributed by atoms with van der Waals surface area (Å²) in [7, 11) is 0. The van der Waals surface area contributed by atoms with Crippen molar-refractivity contribution in [2.75, 3.05) is 13.1 Å². The Morgan fingerprint density at radius 2 is 1.42 bits per heavy atom. The Labute approximate surface area is 308 Å². The molecule has 7 atom stereocenters. The molecule has 3 heterocycles. The van der Waals surface area contributed by atoms with E-state index in [2.05, 4.69) is 31.6 Å². The Bertz CT molecular complexity index is 1780. The zero-order chi connectivity index (χ0) is 38.1. The number of nitrogens with one attached hydrogen (secondary N) is 6. The molecule has 2 aliphatic rings. The fourth-order valence-electron chi connectivity index (χ4n) is 6.94. The lowest BCUT2D eigenvalue weighted by atomic mass is 10.0. The van der Waals surface area contributed by atoms with Gasteiger partial charge < -0.3 is 47.3 Å². The van der Waals surface area contributed by atoms with Gasteiger partial charge in [0, 0.05) is 36.5 Å². The standard InChI is InChI=1S/C38H50N8O7/c1-22-38(53)46-18-10-16-31(46)36(51)44-29(19-24-11-4-3-5-12-24)34(49)43-30(20-25-21-40-27-14-7-6-13-26(25)27)35(50)42-28(15-8-9-17-39)33(48)45-32(23(2)47)37(52)41-22/h3-7,11-14,21-23,28-32,40,47H,8-10,15-20,39H2,1-2H3,(H,41,52)(H,42,50)(H,43,49)(H,44,51)(H,45,48)/t22-,23+,28-,29-,30+,31+,32-/m0/s1. The topological polar surface area (TPSA) is 228 Å². The number of amides is 6. The molecule has 2 saturated heterocycles. The molecular formula is C38H50N8O7. The number of rotatable bonds is 9. The maximum absolute atomic E-state index is 14.3. The summed E-state index contributed by atoms with van der Waals surface area (Å²) in [6.45, 7) is 3.38. The summed E-state index contributed by atoms with van der Waals surface area (Å²) in [4.78, 5) is 87.8. The fraction of sp³-hybridized carbons (Fsp3) is 0.474. The number of aliphatic hydroxyl groups is 1. The maximum atomic E-state index is 14.3. The van der Waals surface area contributed by atoms with Crippen LogP contribution in [0, 0.1) is 0 Å². The highest BCUT2D eigenvalue weighted by Gasteiger charge is 2.40. The zero-order valence-electron chi connectivity index (χ0n) is 30.1. The minimum absolute atomic E-state index is 0.0340. The van der Waals surface area contributed by atoms with Gasteiger partial charge >= 0.3 is 0 Å². The van der Waals surface area contributed by atoms with Crippen LogP contribution in [0.2, 0.25) is 0 Å². The number of fused-ring (bicyclic) bond motifs is 2. The second kappa shape index (κ2) is 18.0. The van der Waals surface area contributed by atoms with Gasteiger partial charge in [0.15, 0.2) is 0 Å². The third kappa shape index (κ3) is 9.78. The first kappa shape index (κ1) is 38.9. The van der Waals surface area contributed by atoms with Crippen molar-refractivity contribution in [3.8, 4) is 0 Å². The van der Waals surface area contributed by atoms with Crippen LogP contribution >= 0.6 is 0 Å². The van der Waals surface area contributed by atoms with Crippen LogP contribution in [-0.4, -0.2) is 106 Å². The number of aromatic amines is 1. The average Bonchev–Trinajstić information content (AvgIpc) is 3.80. The molecule has 0 unspecified atom stereocenters. The Morgan fingerprint density at radius 3 is 2.13 bits per heavy atom. The van der Waals surface area contributed by atoms with Crippen LogP contribution in [0.25, 0.3) is 10.9 Å². The van der Waals surface area contributed by atoms with Gasteiger partial charge in [-0.25, -0.2) is 0 Å². The fourth-order valence-corrected chi connectivity index (χ4v) is 6.94. The molecule has 0 spiro atoms. The summed E-state index contributed by atoms with van der Waals surface area (Å²) in [5.74, 6) is -3.90. The normalized spacial score (nSPS) is 25.7. The number of nitrogens with zero attached hydrogens (tertiary/aromatic N) is 1. The summed E-state index contributed by atoms with van der Waals surface area (Å²) in [5.41, 5.74) is 8.04. The second-order valence-corrected chi connectivity index (χ2v) is 13.9. The lowest BCUT2D eigenvalue weighted by molar-refractivity contribution is -0.143. The van der Waals surface area contributed by atoms with E-state index in [0.717, 1.165) is 22.0 Å². The van der Waals surface area contributed by atoms with Crippen LogP contribution in [0.15, 0.2) is 60.8 Å². The van der Waals surface area contributed by atoms with Gasteiger partial charge in [0.25, 0.3) is 0 Å². The predicted octanol–water partition coefficient (Wildman–Crippen LogP) is -0.0886. The van der Waals surface area contributed by atoms with E-state index >= 15 is 0 Å². The van der Waals surface area contributed by atoms with Crippen LogP contribution in [0.1, 0.15) is 57.1 Å². The average molecular weight is 731 g/mol. The minimum Gasteiger partial charge on any atom is -0.391 e. The smallest absolute Gasteiger partial charge is 0.245 e. The molecule has 5 rings (SSSR count). The molecule has 1 aromatic heterocycles. The number of carbonyl (C=O) groups is 6. The van der Waals surface area contributed by atoms with Gasteiger partial charge in [-0.05, 0) is 69.7 Å². The molecule has 0 radical (unpaired) electrons. The van der Waals surface area contributed by atoms with E-state index in [0.29, 0.717) is 32.2 Å². The van der Waals surface area contributed by atoms with Crippen molar-refractivity contribution < 1.29 is 33.9 Å². The van der Waals surface area contributed by atoms with Gasteiger partial charge in [-0.1, -0.05) is 48.5 Å². The number of aromatic nitrogens is 1. The number of para-hydroxylation sites is 1. The first-order valence-electron chi connectivity index (χ1n) is 18.3. The van der Waals surface area contributed by atoms with Gasteiger partial charge in [-0.15, -0.1) is 0 Å². The molecule has 6 amide bonds. The third-order valence-electron chi connectivity index (χ3n) is 9.86. The summed E-state index contributed by atoms with van der Waals surface area (Å²) in [6, 6.07) is 9.60. The molecule has 3 aromatic rings. The predicted molar refractivity (Wildman–Crippen MR) is 197 cm³/mol. The first-order valence-corrected chi connectivity index (χ1v) is 18.3. The van der Waals surface area contributed by atoms with Crippen molar-refractivity contribution in [2.45, 2.75) is 101 Å². The largest absolute Gasteiger partial charge is 0.391 e. The number of hydrogen-bond donors (Lipinski definition) is 8. The molecule has 15 heteroatoms. The number of carbonyl (C=O) groups excluding carboxylic acids is 6. The van der Waals surface area contributed by atoms with Crippen molar-refractivity contribution in [2.24, 2.45) is 5.73 Å². The highest BCUT2D eigenvalue weighted by molar-refractivity contribution is 5.99. The van der Waals surface area contributed by atoms with E-state index in [1.54, 1.807) is 6.20 Å². The highest BCUT2D eigenvalue weighted by Crippen LogP contribution is 2.21. The lowest BCUT2D eigenvalue weighted by Crippen LogP contribution is -2.62. The molecule has 2 aromatic carbocycles. The summed E-state index contributed by atoms with van der Waals surface area (Å²) in [6.07, 6.45) is 2.52. The summed E-state index contributed by atoms with van der Waals surface area (Å²) >= 11 is 0. The van der Waals surface area contributed by atoms with Crippen LogP contribution in [-0.2, 0) is 41.6 Å². The molecule has 53 heavy (non-hydrogen) atoms. The second-order valence-electron chi connectivity index (χ2n) is 13.9. The quantitative estimate of drug-likeness (QED) is 0.139. The van der Waals surface area contributed by atoms with E-state index in [-0.39, 0.29) is 25.8 Å². The lowest BCUT2D eigenvalue weighted by Gasteiger charge is -2.31. The van der Waals surface area contributed by atoms with Gasteiger partial charge in [0.05, 0.1) is 6.10 Å². The van der Waals surface area contributed by atoms with Crippen molar-refractivity contribution in [1.82, 2.24) is 36.5 Å². The van der Waals surface area contributed by atoms with Gasteiger partial charge in [-0.2, -0.15) is 0 Å². The SMILES string of the molecule is C[C@@H]1NC(=O)[C@H]([C@@H](C)O)NC(=O)[C@H](CCCCN)NC(=O)[C@@H](Cc2c[nH]c3ccccc23)NC(=O)[C@H](Cc2ccccc2)NC(=O)[C@H]2CCCN2C1=O. The molecule has 2 aliphatic heterocycles. The Hall–Kier alpha value is -5.28. The molecular weight excluding hydrogens is 680 g/mol. The van der Waals surface area contributed by atoms with Crippen LogP contribution in [0.4, 0.5) is 0 Å². The van der Waals surface area contributed by atoms with Crippen LogP contribution in [0.5, 0.6) is 0 Å². The van der Waals surface area contributed by atoms with Gasteiger partial charge in [0.2, 0.25) is 35.4 Å². The molecule has 0 saturated carbocycles. The first-order chi connectivity index (χ1) is 25.5. The van der Waals surface area contributed by atoms with Crippen LogP contribution in [0.3, 0.4) is 0 Å². The Morgan fingerprint density at radius 1 is 0.774 bits per heavy atom. The third-order valence-corrected chi connectivity index (χ3v) is 9.86. The van der Waals surface area contributed by atoms with E-state index < -0.39 is 77.8 Å². The molecule has 0 aliphatic carbocycles. The number of benzene rings is 2. The number of hydrogen-bond acceptors (Lipinski definition) is 8. The molecule has 0 bridgehead atoms. The van der Waals surface area contributed by atoms with E-state index in [9.17, 15) is 33.9 Å². The minimum atomic E-state index is -1.47. The van der Waals surface area contributed by atoms with E-state index in [1.807, 2.05) is 54.6 Å². The summed E-state index contributed by atoms with van der Waals surface area (Å²) in [5, 5.41) is 25.0. The van der Waals surface area contributed by atoms with Gasteiger partial charge in [0.1, 0.15) is 36.3 Å². The van der Waals surface area contributed by atoms with Crippen molar-refractivity contribution in [3.05, 3.63) is 71.9 Å². The summed E-state index contributed by atoms with van der Waals surface area (Å²) < 4.78 is 0. The van der Waals surface area contributed by atoms with Crippen LogP contribution < -0.4 is 32.3 Å². The van der Waals surface area contributed by atoms with Gasteiger partial charge in [-0.3, -0.25) is 28.8 Å². The number of unbranched alkanes of at least 4 members (excludes halogenated alkanes) is 1. The molecule has 9 N–H and O–H groups in total. The molecule has 284 valence electrons. The zero-order valence-corrected chi connectivity index (χ0v) is 30.1. The monoisotopic (exact) mass is 730 g/mol. The van der Waals surface area contributed by atoms with Crippen molar-refractivity contribution >= 4 is 46.3 Å². The Kier molecular flexibility index (Phi) is 13.2. The molecule has 2 fully saturated rings.